The first-order valence-electron chi connectivity index (χ1n) is 3.46. The predicted molar refractivity (Wildman–Crippen MR) is 39.7 cm³/mol. The van der Waals surface area contributed by atoms with Gasteiger partial charge in [-0.05, 0) is 12.8 Å². The van der Waals surface area contributed by atoms with E-state index in [0.29, 0.717) is 13.0 Å². The number of amides is 1. The molecule has 0 spiro atoms. The van der Waals surface area contributed by atoms with Crippen LogP contribution in [0.2, 0.25) is 0 Å². The number of rotatable bonds is 1. The summed E-state index contributed by atoms with van der Waals surface area (Å²) in [4.78, 5) is 11.7. The van der Waals surface area contributed by atoms with E-state index in [-0.39, 0.29) is 11.9 Å². The quantitative estimate of drug-likeness (QED) is 0.371. The molecule has 0 radical (unpaired) electrons. The second-order valence-corrected chi connectivity index (χ2v) is 2.59. The van der Waals surface area contributed by atoms with E-state index in [4.69, 9.17) is 16.2 Å². The molecule has 5 nitrogen and oxygen atoms in total. The minimum absolute atomic E-state index is 0.0510. The van der Waals surface area contributed by atoms with Gasteiger partial charge in [-0.2, -0.15) is 0 Å². The number of carbonyl (C=O) groups is 1. The van der Waals surface area contributed by atoms with Gasteiger partial charge in [0.2, 0.25) is 0 Å². The first kappa shape index (κ1) is 7.84. The average molecular weight is 157 g/mol. The number of nitrogens with zero attached hydrogens (tertiary/aromatic N) is 1. The summed E-state index contributed by atoms with van der Waals surface area (Å²) in [5.74, 6) is -0.0510. The molecular weight excluding hydrogens is 146 g/mol. The standard InChI is InChI=1S/C6H11N3O2/c7-5(8)4-2-1-3-9(4)6(10)11/h4H,1-3H2,(H3,7,8)(H,10,11)/t4-/m1/s1. The Labute approximate surface area is 64.3 Å². The summed E-state index contributed by atoms with van der Waals surface area (Å²) in [5, 5.41) is 15.7. The van der Waals surface area contributed by atoms with Gasteiger partial charge >= 0.3 is 6.09 Å². The Hall–Kier alpha value is -1.26. The average Bonchev–Trinajstić information content (AvgIpc) is 2.32. The highest BCUT2D eigenvalue weighted by Crippen LogP contribution is 2.16. The Morgan fingerprint density at radius 2 is 2.36 bits per heavy atom. The van der Waals surface area contributed by atoms with Crippen LogP contribution in [0.3, 0.4) is 0 Å². The van der Waals surface area contributed by atoms with E-state index in [0.717, 1.165) is 6.42 Å². The van der Waals surface area contributed by atoms with Gasteiger partial charge in [-0.3, -0.25) is 10.3 Å². The smallest absolute Gasteiger partial charge is 0.407 e. The molecule has 1 aliphatic heterocycles. The third-order valence-electron chi connectivity index (χ3n) is 1.86. The maximum absolute atomic E-state index is 10.5. The van der Waals surface area contributed by atoms with E-state index in [9.17, 15) is 4.79 Å². The fraction of sp³-hybridized carbons (Fsp3) is 0.667. The Bertz CT molecular complexity index is 172. The van der Waals surface area contributed by atoms with Crippen molar-refractivity contribution < 1.29 is 9.90 Å². The van der Waals surface area contributed by atoms with Crippen LogP contribution in [-0.2, 0) is 0 Å². The monoisotopic (exact) mass is 157 g/mol. The van der Waals surface area contributed by atoms with E-state index in [2.05, 4.69) is 0 Å². The Balaban J connectivity index is 2.65. The number of nitrogens with two attached hydrogens (primary N) is 1. The second-order valence-electron chi connectivity index (χ2n) is 2.59. The molecule has 11 heavy (non-hydrogen) atoms. The number of carboxylic acid groups (broad SMARTS) is 1. The Morgan fingerprint density at radius 1 is 1.73 bits per heavy atom. The largest absolute Gasteiger partial charge is 0.465 e. The van der Waals surface area contributed by atoms with Crippen molar-refractivity contribution in [2.45, 2.75) is 18.9 Å². The minimum Gasteiger partial charge on any atom is -0.465 e. The molecule has 0 aromatic carbocycles. The number of hydrogen-bond acceptors (Lipinski definition) is 2. The summed E-state index contributed by atoms with van der Waals surface area (Å²) in [6, 6.07) is -0.382. The second kappa shape index (κ2) is 2.77. The molecule has 1 fully saturated rings. The van der Waals surface area contributed by atoms with E-state index < -0.39 is 6.09 Å². The minimum atomic E-state index is -0.984. The zero-order chi connectivity index (χ0) is 8.43. The molecular formula is C6H11N3O2. The molecule has 5 heteroatoms. The Kier molecular flexibility index (Phi) is 1.98. The van der Waals surface area contributed by atoms with Gasteiger partial charge in [-0.25, -0.2) is 4.79 Å². The van der Waals surface area contributed by atoms with Gasteiger partial charge in [-0.1, -0.05) is 0 Å². The first-order chi connectivity index (χ1) is 5.13. The number of nitrogens with one attached hydrogen (secondary N) is 1. The molecule has 4 N–H and O–H groups in total. The molecule has 1 saturated heterocycles. The number of hydrogen-bond donors (Lipinski definition) is 3. The van der Waals surface area contributed by atoms with Crippen LogP contribution in [0.15, 0.2) is 0 Å². The van der Waals surface area contributed by atoms with E-state index in [1.54, 1.807) is 0 Å². The molecule has 0 aliphatic carbocycles. The van der Waals surface area contributed by atoms with Crippen molar-refractivity contribution in [3.8, 4) is 0 Å². The van der Waals surface area contributed by atoms with E-state index in [1.807, 2.05) is 0 Å². The summed E-state index contributed by atoms with van der Waals surface area (Å²) >= 11 is 0. The summed E-state index contributed by atoms with van der Waals surface area (Å²) in [5.41, 5.74) is 5.20. The summed E-state index contributed by atoms with van der Waals surface area (Å²) in [7, 11) is 0. The third kappa shape index (κ3) is 1.42. The molecule has 1 rings (SSSR count). The predicted octanol–water partition coefficient (Wildman–Crippen LogP) is 0.0648. The van der Waals surface area contributed by atoms with E-state index in [1.165, 1.54) is 4.90 Å². The third-order valence-corrected chi connectivity index (χ3v) is 1.86. The number of amidine groups is 1. The van der Waals surface area contributed by atoms with Crippen molar-refractivity contribution in [2.24, 2.45) is 5.73 Å². The molecule has 0 aromatic heterocycles. The van der Waals surface area contributed by atoms with Crippen molar-refractivity contribution in [2.75, 3.05) is 6.54 Å². The SMILES string of the molecule is N=C(N)[C@H]1CCCN1C(=O)O. The van der Waals surface area contributed by atoms with Crippen molar-refractivity contribution in [1.29, 1.82) is 5.41 Å². The van der Waals surface area contributed by atoms with Gasteiger partial charge in [0.15, 0.2) is 0 Å². The Morgan fingerprint density at radius 3 is 2.73 bits per heavy atom. The highest BCUT2D eigenvalue weighted by atomic mass is 16.4. The molecule has 0 saturated carbocycles. The fourth-order valence-electron chi connectivity index (χ4n) is 1.32. The van der Waals surface area contributed by atoms with Crippen LogP contribution < -0.4 is 5.73 Å². The van der Waals surface area contributed by atoms with Gasteiger partial charge in [0.1, 0.15) is 5.84 Å². The van der Waals surface area contributed by atoms with Gasteiger partial charge in [0.25, 0.3) is 0 Å². The van der Waals surface area contributed by atoms with Crippen molar-refractivity contribution >= 4 is 11.9 Å². The maximum atomic E-state index is 10.5. The van der Waals surface area contributed by atoms with Gasteiger partial charge in [0, 0.05) is 6.54 Å². The first-order valence-corrected chi connectivity index (χ1v) is 3.46. The topological polar surface area (TPSA) is 90.4 Å². The fourth-order valence-corrected chi connectivity index (χ4v) is 1.32. The van der Waals surface area contributed by atoms with Crippen LogP contribution in [-0.4, -0.2) is 34.5 Å². The van der Waals surface area contributed by atoms with Gasteiger partial charge < -0.3 is 10.8 Å². The lowest BCUT2D eigenvalue weighted by molar-refractivity contribution is 0.149. The van der Waals surface area contributed by atoms with Crippen LogP contribution in [0, 0.1) is 5.41 Å². The molecule has 0 unspecified atom stereocenters. The van der Waals surface area contributed by atoms with Crippen LogP contribution in [0.25, 0.3) is 0 Å². The molecule has 0 bridgehead atoms. The van der Waals surface area contributed by atoms with Gasteiger partial charge in [-0.15, -0.1) is 0 Å². The lowest BCUT2D eigenvalue weighted by Gasteiger charge is -2.19. The molecule has 1 atom stereocenters. The molecule has 1 amide bonds. The molecule has 0 aromatic rings. The van der Waals surface area contributed by atoms with Crippen LogP contribution >= 0.6 is 0 Å². The zero-order valence-electron chi connectivity index (χ0n) is 6.08. The number of likely N-dealkylation sites (tertiary alicyclic amines) is 1. The van der Waals surface area contributed by atoms with Gasteiger partial charge in [0.05, 0.1) is 6.04 Å². The highest BCUT2D eigenvalue weighted by molar-refractivity contribution is 5.86. The van der Waals surface area contributed by atoms with E-state index >= 15 is 0 Å². The zero-order valence-corrected chi connectivity index (χ0v) is 6.08. The van der Waals surface area contributed by atoms with Crippen LogP contribution in [0.4, 0.5) is 4.79 Å². The highest BCUT2D eigenvalue weighted by Gasteiger charge is 2.30. The molecule has 62 valence electrons. The summed E-state index contributed by atoms with van der Waals surface area (Å²) < 4.78 is 0. The lowest BCUT2D eigenvalue weighted by Crippen LogP contribution is -2.42. The van der Waals surface area contributed by atoms with Crippen LogP contribution in [0.5, 0.6) is 0 Å². The molecule has 1 aliphatic rings. The van der Waals surface area contributed by atoms with Crippen molar-refractivity contribution in [3.05, 3.63) is 0 Å². The molecule has 1 heterocycles. The summed E-state index contributed by atoms with van der Waals surface area (Å²) in [6.07, 6.45) is 0.501. The summed E-state index contributed by atoms with van der Waals surface area (Å²) in [6.45, 7) is 0.500. The van der Waals surface area contributed by atoms with Crippen molar-refractivity contribution in [3.63, 3.8) is 0 Å². The normalized spacial score (nSPS) is 23.6. The lowest BCUT2D eigenvalue weighted by atomic mass is 10.2. The maximum Gasteiger partial charge on any atom is 0.407 e. The van der Waals surface area contributed by atoms with Crippen molar-refractivity contribution in [1.82, 2.24) is 4.90 Å². The van der Waals surface area contributed by atoms with Crippen LogP contribution in [0.1, 0.15) is 12.8 Å².